The van der Waals surface area contributed by atoms with Gasteiger partial charge in [0, 0.05) is 31.9 Å². The summed E-state index contributed by atoms with van der Waals surface area (Å²) in [6.45, 7) is 0.233. The van der Waals surface area contributed by atoms with Gasteiger partial charge in [0.15, 0.2) is 11.5 Å². The van der Waals surface area contributed by atoms with E-state index in [1.54, 1.807) is 30.3 Å². The standard InChI is InChI=1S/C22H22N4O3/c1-26(2)19-10-8-18(9-11-19)25-24-17-6-4-16(5-7-17)22(29)23-14-15-3-12-20(27)21(28)13-15/h3-13,27-28H,14H2,1-2H3,(H,23,29). The van der Waals surface area contributed by atoms with Gasteiger partial charge in [0.25, 0.3) is 5.91 Å². The second-order valence-corrected chi connectivity index (χ2v) is 6.66. The van der Waals surface area contributed by atoms with Gasteiger partial charge in [-0.2, -0.15) is 10.2 Å². The minimum absolute atomic E-state index is 0.196. The monoisotopic (exact) mass is 390 g/mol. The van der Waals surface area contributed by atoms with E-state index in [-0.39, 0.29) is 24.0 Å². The smallest absolute Gasteiger partial charge is 0.251 e. The highest BCUT2D eigenvalue weighted by Crippen LogP contribution is 2.25. The van der Waals surface area contributed by atoms with E-state index in [1.807, 2.05) is 43.3 Å². The highest BCUT2D eigenvalue weighted by atomic mass is 16.3. The maximum absolute atomic E-state index is 12.3. The quantitative estimate of drug-likeness (QED) is 0.426. The predicted molar refractivity (Wildman–Crippen MR) is 112 cm³/mol. The number of azo groups is 1. The molecule has 3 aromatic rings. The number of hydrogen-bond acceptors (Lipinski definition) is 6. The van der Waals surface area contributed by atoms with Crippen molar-refractivity contribution in [3.63, 3.8) is 0 Å². The zero-order chi connectivity index (χ0) is 20.8. The maximum Gasteiger partial charge on any atom is 0.251 e. The lowest BCUT2D eigenvalue weighted by Gasteiger charge is -2.11. The normalized spacial score (nSPS) is 10.8. The average molecular weight is 390 g/mol. The topological polar surface area (TPSA) is 97.5 Å². The van der Waals surface area contributed by atoms with Gasteiger partial charge in [-0.05, 0) is 66.2 Å². The van der Waals surface area contributed by atoms with Crippen LogP contribution in [0.3, 0.4) is 0 Å². The molecule has 3 rings (SSSR count). The fraction of sp³-hybridized carbons (Fsp3) is 0.136. The molecular weight excluding hydrogens is 368 g/mol. The zero-order valence-corrected chi connectivity index (χ0v) is 16.2. The van der Waals surface area contributed by atoms with Crippen molar-refractivity contribution < 1.29 is 15.0 Å². The summed E-state index contributed by atoms with van der Waals surface area (Å²) in [5.41, 5.74) is 3.64. The van der Waals surface area contributed by atoms with Gasteiger partial charge < -0.3 is 20.4 Å². The first-order valence-electron chi connectivity index (χ1n) is 9.00. The minimum Gasteiger partial charge on any atom is -0.504 e. The molecule has 0 fully saturated rings. The van der Waals surface area contributed by atoms with Gasteiger partial charge in [-0.1, -0.05) is 6.07 Å². The molecule has 0 bridgehead atoms. The Labute approximate surface area is 169 Å². The van der Waals surface area contributed by atoms with Crippen LogP contribution in [0.5, 0.6) is 11.5 Å². The van der Waals surface area contributed by atoms with Crippen LogP contribution < -0.4 is 10.2 Å². The number of anilines is 1. The van der Waals surface area contributed by atoms with Crippen LogP contribution in [0.2, 0.25) is 0 Å². The van der Waals surface area contributed by atoms with Crippen molar-refractivity contribution in [1.82, 2.24) is 5.32 Å². The number of hydrogen-bond donors (Lipinski definition) is 3. The Morgan fingerprint density at radius 1 is 0.862 bits per heavy atom. The summed E-state index contributed by atoms with van der Waals surface area (Å²) in [6.07, 6.45) is 0. The lowest BCUT2D eigenvalue weighted by atomic mass is 10.1. The summed E-state index contributed by atoms with van der Waals surface area (Å²) in [6, 6.07) is 18.9. The Hall–Kier alpha value is -3.87. The summed E-state index contributed by atoms with van der Waals surface area (Å²) in [5, 5.41) is 30.0. The molecule has 1 amide bonds. The number of benzene rings is 3. The van der Waals surface area contributed by atoms with Crippen LogP contribution in [-0.4, -0.2) is 30.2 Å². The van der Waals surface area contributed by atoms with Gasteiger partial charge in [-0.25, -0.2) is 0 Å². The van der Waals surface area contributed by atoms with E-state index in [2.05, 4.69) is 15.5 Å². The lowest BCUT2D eigenvalue weighted by Crippen LogP contribution is -2.22. The highest BCUT2D eigenvalue weighted by molar-refractivity contribution is 5.94. The molecule has 3 N–H and O–H groups in total. The molecule has 0 aliphatic heterocycles. The van der Waals surface area contributed by atoms with Crippen LogP contribution in [0, 0.1) is 0 Å². The van der Waals surface area contributed by atoms with Crippen LogP contribution in [0.15, 0.2) is 77.0 Å². The SMILES string of the molecule is CN(C)c1ccc(N=Nc2ccc(C(=O)NCc3ccc(O)c(O)c3)cc2)cc1. The second kappa shape index (κ2) is 8.88. The third-order valence-electron chi connectivity index (χ3n) is 4.27. The summed E-state index contributed by atoms with van der Waals surface area (Å²) in [5.74, 6) is -0.665. The van der Waals surface area contributed by atoms with Gasteiger partial charge in [-0.15, -0.1) is 0 Å². The molecule has 7 heteroatoms. The Morgan fingerprint density at radius 2 is 1.45 bits per heavy atom. The Kier molecular flexibility index (Phi) is 6.09. The first kappa shape index (κ1) is 19.9. The fourth-order valence-corrected chi connectivity index (χ4v) is 2.58. The van der Waals surface area contributed by atoms with Crippen LogP contribution >= 0.6 is 0 Å². The molecule has 0 spiro atoms. The van der Waals surface area contributed by atoms with E-state index in [0.29, 0.717) is 16.8 Å². The van der Waals surface area contributed by atoms with E-state index in [9.17, 15) is 15.0 Å². The van der Waals surface area contributed by atoms with Gasteiger partial charge in [0.1, 0.15) is 0 Å². The number of aromatic hydroxyl groups is 2. The molecule has 0 unspecified atom stereocenters. The van der Waals surface area contributed by atoms with E-state index in [4.69, 9.17) is 0 Å². The molecule has 148 valence electrons. The molecule has 0 heterocycles. The zero-order valence-electron chi connectivity index (χ0n) is 16.2. The summed E-state index contributed by atoms with van der Waals surface area (Å²) in [7, 11) is 3.95. The van der Waals surface area contributed by atoms with E-state index >= 15 is 0 Å². The minimum atomic E-state index is -0.250. The van der Waals surface area contributed by atoms with Gasteiger partial charge in [-0.3, -0.25) is 4.79 Å². The molecule has 3 aromatic carbocycles. The Morgan fingerprint density at radius 3 is 2.00 bits per heavy atom. The highest BCUT2D eigenvalue weighted by Gasteiger charge is 2.07. The van der Waals surface area contributed by atoms with Crippen LogP contribution in [0.25, 0.3) is 0 Å². The number of rotatable bonds is 6. The average Bonchev–Trinajstić information content (AvgIpc) is 2.73. The number of phenolic OH excluding ortho intramolecular Hbond substituents is 2. The van der Waals surface area contributed by atoms with Gasteiger partial charge in [0.2, 0.25) is 0 Å². The first-order chi connectivity index (χ1) is 13.9. The number of nitrogens with one attached hydrogen (secondary N) is 1. The van der Waals surface area contributed by atoms with Crippen LogP contribution in [-0.2, 0) is 6.54 Å². The number of amides is 1. The van der Waals surface area contributed by atoms with Gasteiger partial charge >= 0.3 is 0 Å². The summed E-state index contributed by atoms with van der Waals surface area (Å²) < 4.78 is 0. The van der Waals surface area contributed by atoms with Crippen molar-refractivity contribution in [3.8, 4) is 11.5 Å². The fourth-order valence-electron chi connectivity index (χ4n) is 2.58. The van der Waals surface area contributed by atoms with Crippen molar-refractivity contribution in [2.75, 3.05) is 19.0 Å². The first-order valence-corrected chi connectivity index (χ1v) is 9.00. The Bertz CT molecular complexity index is 1010. The van der Waals surface area contributed by atoms with Crippen molar-refractivity contribution in [2.24, 2.45) is 10.2 Å². The predicted octanol–water partition coefficient (Wildman–Crippen LogP) is 4.51. The molecule has 0 aliphatic carbocycles. The van der Waals surface area contributed by atoms with Crippen molar-refractivity contribution in [1.29, 1.82) is 0 Å². The van der Waals surface area contributed by atoms with Crippen LogP contribution in [0.4, 0.5) is 17.1 Å². The molecule has 0 aliphatic rings. The van der Waals surface area contributed by atoms with E-state index < -0.39 is 0 Å². The number of nitrogens with zero attached hydrogens (tertiary/aromatic N) is 3. The van der Waals surface area contributed by atoms with E-state index in [0.717, 1.165) is 11.4 Å². The summed E-state index contributed by atoms with van der Waals surface area (Å²) >= 11 is 0. The lowest BCUT2D eigenvalue weighted by molar-refractivity contribution is 0.0951. The van der Waals surface area contributed by atoms with Crippen molar-refractivity contribution in [2.45, 2.75) is 6.54 Å². The molecule has 0 atom stereocenters. The van der Waals surface area contributed by atoms with Crippen molar-refractivity contribution >= 4 is 23.0 Å². The van der Waals surface area contributed by atoms with Gasteiger partial charge in [0.05, 0.1) is 11.4 Å². The molecular formula is C22H22N4O3. The third-order valence-corrected chi connectivity index (χ3v) is 4.27. The maximum atomic E-state index is 12.3. The number of carbonyl (C=O) groups is 1. The molecule has 0 saturated carbocycles. The molecule has 7 nitrogen and oxygen atoms in total. The van der Waals surface area contributed by atoms with Crippen molar-refractivity contribution in [3.05, 3.63) is 77.9 Å². The molecule has 0 saturated heterocycles. The third kappa shape index (κ3) is 5.32. The molecule has 0 aromatic heterocycles. The van der Waals surface area contributed by atoms with Crippen LogP contribution in [0.1, 0.15) is 15.9 Å². The van der Waals surface area contributed by atoms with E-state index in [1.165, 1.54) is 12.1 Å². The molecule has 0 radical (unpaired) electrons. The largest absolute Gasteiger partial charge is 0.504 e. The Balaban J connectivity index is 1.58. The number of carbonyl (C=O) groups excluding carboxylic acids is 1. The summed E-state index contributed by atoms with van der Waals surface area (Å²) in [4.78, 5) is 14.3. The second-order valence-electron chi connectivity index (χ2n) is 6.66. The molecule has 29 heavy (non-hydrogen) atoms. The number of phenols is 2.